The van der Waals surface area contributed by atoms with Crippen LogP contribution in [0.3, 0.4) is 0 Å². The highest BCUT2D eigenvalue weighted by Crippen LogP contribution is 2.22. The molecule has 1 aromatic rings. The minimum Gasteiger partial charge on any atom is -0.393 e. The lowest BCUT2D eigenvalue weighted by atomic mass is 10.00. The highest BCUT2D eigenvalue weighted by atomic mass is 32.2. The van der Waals surface area contributed by atoms with Crippen molar-refractivity contribution >= 4 is 15.9 Å². The van der Waals surface area contributed by atoms with Crippen LogP contribution in [0.2, 0.25) is 0 Å². The molecule has 1 unspecified atom stereocenters. The summed E-state index contributed by atoms with van der Waals surface area (Å²) in [6.07, 6.45) is 0.489. The van der Waals surface area contributed by atoms with Crippen LogP contribution in [0.25, 0.3) is 0 Å². The molecule has 0 aromatic heterocycles. The summed E-state index contributed by atoms with van der Waals surface area (Å²) in [5.41, 5.74) is 1.90. The van der Waals surface area contributed by atoms with E-state index in [2.05, 4.69) is 4.72 Å². The average molecular weight is 370 g/mol. The van der Waals surface area contributed by atoms with Gasteiger partial charge < -0.3 is 14.7 Å². The minimum absolute atomic E-state index is 0.0464. The van der Waals surface area contributed by atoms with Gasteiger partial charge in [-0.15, -0.1) is 0 Å². The predicted octanol–water partition coefficient (Wildman–Crippen LogP) is 0.657. The van der Waals surface area contributed by atoms with Crippen molar-refractivity contribution < 1.29 is 23.1 Å². The molecule has 1 aliphatic rings. The Morgan fingerprint density at radius 1 is 1.40 bits per heavy atom. The molecule has 25 heavy (non-hydrogen) atoms. The van der Waals surface area contributed by atoms with Gasteiger partial charge in [-0.05, 0) is 49.9 Å². The zero-order valence-corrected chi connectivity index (χ0v) is 15.5. The van der Waals surface area contributed by atoms with Gasteiger partial charge in [0.05, 0.1) is 11.0 Å². The van der Waals surface area contributed by atoms with Gasteiger partial charge in [-0.25, -0.2) is 13.1 Å². The number of hydrogen-bond acceptors (Lipinski definition) is 5. The summed E-state index contributed by atoms with van der Waals surface area (Å²) in [7, 11) is -3.63. The average Bonchev–Trinajstić information content (AvgIpc) is 2.58. The molecule has 0 fully saturated rings. The lowest BCUT2D eigenvalue weighted by molar-refractivity contribution is -0.136. The third kappa shape index (κ3) is 5.50. The standard InChI is InChI=1S/C17H26N2O5S/c1-3-24-12-17(21)19-9-7-14-4-5-16(10-15(14)11-19)25(22,23)18-8-6-13(2)20/h4-5,10,13,18,20H,3,6-9,11-12H2,1-2H3. The molecule has 2 rings (SSSR count). The molecule has 0 aliphatic carbocycles. The number of fused-ring (bicyclic) bond motifs is 1. The fraction of sp³-hybridized carbons (Fsp3) is 0.588. The molecule has 2 N–H and O–H groups in total. The molecule has 0 radical (unpaired) electrons. The number of amides is 1. The Labute approximate surface area is 149 Å². The smallest absolute Gasteiger partial charge is 0.248 e. The van der Waals surface area contributed by atoms with Gasteiger partial charge in [0.2, 0.25) is 15.9 Å². The van der Waals surface area contributed by atoms with E-state index in [1.54, 1.807) is 24.0 Å². The van der Waals surface area contributed by atoms with Crippen LogP contribution in [-0.4, -0.2) is 56.7 Å². The van der Waals surface area contributed by atoms with Gasteiger partial charge in [0, 0.05) is 26.2 Å². The first-order chi connectivity index (χ1) is 11.8. The molecule has 7 nitrogen and oxygen atoms in total. The van der Waals surface area contributed by atoms with E-state index in [1.807, 2.05) is 13.0 Å². The van der Waals surface area contributed by atoms with Gasteiger partial charge >= 0.3 is 0 Å². The molecule has 1 amide bonds. The molecule has 0 saturated carbocycles. The molecule has 1 aliphatic heterocycles. The highest BCUT2D eigenvalue weighted by molar-refractivity contribution is 7.89. The van der Waals surface area contributed by atoms with E-state index in [9.17, 15) is 18.3 Å². The monoisotopic (exact) mass is 370 g/mol. The summed E-state index contributed by atoms with van der Waals surface area (Å²) in [6.45, 7) is 5.15. The van der Waals surface area contributed by atoms with Crippen LogP contribution in [0.5, 0.6) is 0 Å². The zero-order chi connectivity index (χ0) is 18.4. The molecule has 1 heterocycles. The molecule has 0 spiro atoms. The topological polar surface area (TPSA) is 95.9 Å². The Hall–Kier alpha value is -1.48. The minimum atomic E-state index is -3.63. The number of nitrogens with one attached hydrogen (secondary N) is 1. The zero-order valence-electron chi connectivity index (χ0n) is 14.7. The number of aliphatic hydroxyl groups excluding tert-OH is 1. The summed E-state index contributed by atoms with van der Waals surface area (Å²) < 4.78 is 32.4. The molecule has 1 aromatic carbocycles. The van der Waals surface area contributed by atoms with Crippen molar-refractivity contribution in [2.75, 3.05) is 26.3 Å². The van der Waals surface area contributed by atoms with Crippen molar-refractivity contribution in [1.29, 1.82) is 0 Å². The molecule has 8 heteroatoms. The number of aliphatic hydroxyl groups is 1. The number of ether oxygens (including phenoxy) is 1. The Bertz CT molecular complexity index is 703. The van der Waals surface area contributed by atoms with Crippen LogP contribution in [-0.2, 0) is 32.5 Å². The fourth-order valence-corrected chi connectivity index (χ4v) is 3.78. The number of carbonyl (C=O) groups is 1. The number of sulfonamides is 1. The van der Waals surface area contributed by atoms with Crippen molar-refractivity contribution in [3.8, 4) is 0 Å². The molecule has 0 bridgehead atoms. The van der Waals surface area contributed by atoms with Gasteiger partial charge in [0.15, 0.2) is 0 Å². The maximum Gasteiger partial charge on any atom is 0.248 e. The normalized spacial score (nSPS) is 15.7. The SMILES string of the molecule is CCOCC(=O)N1CCc2ccc(S(=O)(=O)NCCC(C)O)cc2C1. The first-order valence-electron chi connectivity index (χ1n) is 8.48. The van der Waals surface area contributed by atoms with Crippen molar-refractivity contribution in [3.63, 3.8) is 0 Å². The van der Waals surface area contributed by atoms with E-state index in [1.165, 1.54) is 0 Å². The fourth-order valence-electron chi connectivity index (χ4n) is 2.68. The molecular formula is C17H26N2O5S. The van der Waals surface area contributed by atoms with E-state index >= 15 is 0 Å². The molecule has 0 saturated heterocycles. The van der Waals surface area contributed by atoms with Gasteiger partial charge in [-0.3, -0.25) is 4.79 Å². The molecule has 140 valence electrons. The quantitative estimate of drug-likeness (QED) is 0.701. The highest BCUT2D eigenvalue weighted by Gasteiger charge is 2.23. The van der Waals surface area contributed by atoms with E-state index in [-0.39, 0.29) is 24.0 Å². The number of nitrogens with zero attached hydrogens (tertiary/aromatic N) is 1. The van der Waals surface area contributed by atoms with Crippen LogP contribution in [0.4, 0.5) is 0 Å². The third-order valence-electron chi connectivity index (χ3n) is 4.14. The van der Waals surface area contributed by atoms with Gasteiger partial charge in [0.1, 0.15) is 6.61 Å². The predicted molar refractivity (Wildman–Crippen MR) is 93.5 cm³/mol. The van der Waals surface area contributed by atoms with Crippen LogP contribution < -0.4 is 4.72 Å². The van der Waals surface area contributed by atoms with Crippen LogP contribution in [0.1, 0.15) is 31.4 Å². The summed E-state index contributed by atoms with van der Waals surface area (Å²) >= 11 is 0. The van der Waals surface area contributed by atoms with Crippen molar-refractivity contribution in [3.05, 3.63) is 29.3 Å². The second-order valence-corrected chi connectivity index (χ2v) is 7.94. The van der Waals surface area contributed by atoms with E-state index < -0.39 is 16.1 Å². The summed E-state index contributed by atoms with van der Waals surface area (Å²) in [6, 6.07) is 5.02. The summed E-state index contributed by atoms with van der Waals surface area (Å²) in [4.78, 5) is 14.0. The third-order valence-corrected chi connectivity index (χ3v) is 5.60. The summed E-state index contributed by atoms with van der Waals surface area (Å²) in [5.74, 6) is -0.0872. The number of carbonyl (C=O) groups excluding carboxylic acids is 1. The number of benzene rings is 1. The van der Waals surface area contributed by atoms with E-state index in [4.69, 9.17) is 4.74 Å². The maximum absolute atomic E-state index is 12.4. The second kappa shape index (κ2) is 8.75. The first kappa shape index (κ1) is 19.8. The molecule has 1 atom stereocenters. The van der Waals surface area contributed by atoms with Crippen LogP contribution in [0, 0.1) is 0 Å². The van der Waals surface area contributed by atoms with Crippen molar-refractivity contribution in [2.45, 2.75) is 44.2 Å². The Morgan fingerprint density at radius 3 is 2.84 bits per heavy atom. The van der Waals surface area contributed by atoms with Crippen LogP contribution in [0.15, 0.2) is 23.1 Å². The first-order valence-corrected chi connectivity index (χ1v) is 9.97. The van der Waals surface area contributed by atoms with Crippen LogP contribution >= 0.6 is 0 Å². The summed E-state index contributed by atoms with van der Waals surface area (Å²) in [5, 5.41) is 9.24. The van der Waals surface area contributed by atoms with Gasteiger partial charge in [0.25, 0.3) is 0 Å². The Balaban J connectivity index is 2.09. The molecular weight excluding hydrogens is 344 g/mol. The van der Waals surface area contributed by atoms with Crippen molar-refractivity contribution in [1.82, 2.24) is 9.62 Å². The number of hydrogen-bond donors (Lipinski definition) is 2. The Kier molecular flexibility index (Phi) is 6.95. The second-order valence-electron chi connectivity index (χ2n) is 6.17. The largest absolute Gasteiger partial charge is 0.393 e. The maximum atomic E-state index is 12.4. The van der Waals surface area contributed by atoms with Crippen molar-refractivity contribution in [2.24, 2.45) is 0 Å². The Morgan fingerprint density at radius 2 is 2.16 bits per heavy atom. The lowest BCUT2D eigenvalue weighted by Crippen LogP contribution is -2.38. The lowest BCUT2D eigenvalue weighted by Gasteiger charge is -2.29. The number of rotatable bonds is 8. The van der Waals surface area contributed by atoms with E-state index in [0.717, 1.165) is 11.1 Å². The van der Waals surface area contributed by atoms with E-state index in [0.29, 0.717) is 32.5 Å². The van der Waals surface area contributed by atoms with Gasteiger partial charge in [-0.2, -0.15) is 0 Å². The van der Waals surface area contributed by atoms with Gasteiger partial charge in [-0.1, -0.05) is 6.07 Å².